The highest BCUT2D eigenvalue weighted by atomic mass is 35.5. The highest BCUT2D eigenvalue weighted by Gasteiger charge is 2.28. The summed E-state index contributed by atoms with van der Waals surface area (Å²) < 4.78 is 0. The Balaban J connectivity index is 1.79. The van der Waals surface area contributed by atoms with E-state index in [2.05, 4.69) is 42.6 Å². The Morgan fingerprint density at radius 3 is 2.65 bits per heavy atom. The van der Waals surface area contributed by atoms with Crippen molar-refractivity contribution in [2.24, 2.45) is 5.73 Å². The third kappa shape index (κ3) is 2.59. The van der Waals surface area contributed by atoms with E-state index in [1.807, 2.05) is 18.2 Å². The van der Waals surface area contributed by atoms with Crippen molar-refractivity contribution >= 4 is 11.6 Å². The maximum atomic E-state index is 6.21. The SMILES string of the molecule is C[C@@H](NC1CC(N)c2ccccc21)c1cccc(Cl)c1. The van der Waals surface area contributed by atoms with Crippen molar-refractivity contribution in [3.8, 4) is 0 Å². The van der Waals surface area contributed by atoms with Crippen molar-refractivity contribution in [3.63, 3.8) is 0 Å². The molecule has 0 bridgehead atoms. The van der Waals surface area contributed by atoms with Crippen molar-refractivity contribution in [3.05, 3.63) is 70.2 Å². The maximum Gasteiger partial charge on any atom is 0.0409 e. The summed E-state index contributed by atoms with van der Waals surface area (Å²) in [6.45, 7) is 2.16. The normalized spacial score (nSPS) is 22.6. The van der Waals surface area contributed by atoms with E-state index in [1.54, 1.807) is 0 Å². The van der Waals surface area contributed by atoms with Crippen LogP contribution in [0.3, 0.4) is 0 Å². The molecule has 1 aliphatic rings. The molecule has 20 heavy (non-hydrogen) atoms. The standard InChI is InChI=1S/C17H19ClN2/c1-11(12-5-4-6-13(18)9-12)20-17-10-16(19)14-7-2-3-8-15(14)17/h2-9,11,16-17,20H,10,19H2,1H3/t11-,16?,17?/m1/s1. The molecule has 0 radical (unpaired) electrons. The molecule has 3 heteroatoms. The summed E-state index contributed by atoms with van der Waals surface area (Å²) in [5, 5.41) is 4.45. The van der Waals surface area contributed by atoms with Gasteiger partial charge in [-0.05, 0) is 42.2 Å². The van der Waals surface area contributed by atoms with E-state index < -0.39 is 0 Å². The number of halogens is 1. The van der Waals surface area contributed by atoms with Gasteiger partial charge in [-0.3, -0.25) is 0 Å². The fraction of sp³-hybridized carbons (Fsp3) is 0.294. The summed E-state index contributed by atoms with van der Waals surface area (Å²) >= 11 is 6.06. The third-order valence-corrected chi connectivity index (χ3v) is 4.30. The van der Waals surface area contributed by atoms with Crippen LogP contribution in [0.2, 0.25) is 5.02 Å². The van der Waals surface area contributed by atoms with Crippen LogP contribution in [0.4, 0.5) is 0 Å². The maximum absolute atomic E-state index is 6.21. The zero-order valence-electron chi connectivity index (χ0n) is 11.5. The highest BCUT2D eigenvalue weighted by Crippen LogP contribution is 2.38. The van der Waals surface area contributed by atoms with Gasteiger partial charge in [0.2, 0.25) is 0 Å². The first kappa shape index (κ1) is 13.6. The smallest absolute Gasteiger partial charge is 0.0409 e. The molecule has 0 heterocycles. The van der Waals surface area contributed by atoms with Gasteiger partial charge in [-0.15, -0.1) is 0 Å². The lowest BCUT2D eigenvalue weighted by atomic mass is 10.0. The Labute approximate surface area is 125 Å². The minimum atomic E-state index is 0.135. The van der Waals surface area contributed by atoms with Gasteiger partial charge in [-0.1, -0.05) is 48.0 Å². The molecular weight excluding hydrogens is 268 g/mol. The first-order valence-electron chi connectivity index (χ1n) is 7.01. The lowest BCUT2D eigenvalue weighted by Gasteiger charge is -2.21. The van der Waals surface area contributed by atoms with Gasteiger partial charge in [0.15, 0.2) is 0 Å². The molecule has 3 rings (SSSR count). The summed E-state index contributed by atoms with van der Waals surface area (Å²) in [6, 6.07) is 17.1. The van der Waals surface area contributed by atoms with Crippen LogP contribution in [0.1, 0.15) is 48.2 Å². The van der Waals surface area contributed by atoms with Crippen LogP contribution in [0.25, 0.3) is 0 Å². The monoisotopic (exact) mass is 286 g/mol. The summed E-state index contributed by atoms with van der Waals surface area (Å²) in [7, 11) is 0. The average molecular weight is 287 g/mol. The molecule has 2 aromatic rings. The van der Waals surface area contributed by atoms with Gasteiger partial charge >= 0.3 is 0 Å². The van der Waals surface area contributed by atoms with E-state index in [0.29, 0.717) is 6.04 Å². The molecule has 0 fully saturated rings. The van der Waals surface area contributed by atoms with Gasteiger partial charge in [0, 0.05) is 23.1 Å². The Kier molecular flexibility index (Phi) is 3.79. The van der Waals surface area contributed by atoms with Gasteiger partial charge in [0.05, 0.1) is 0 Å². The van der Waals surface area contributed by atoms with Crippen LogP contribution in [-0.2, 0) is 0 Å². The number of hydrogen-bond donors (Lipinski definition) is 2. The van der Waals surface area contributed by atoms with Gasteiger partial charge in [0.1, 0.15) is 0 Å². The van der Waals surface area contributed by atoms with Crippen LogP contribution < -0.4 is 11.1 Å². The summed E-state index contributed by atoms with van der Waals surface area (Å²) in [5.41, 5.74) is 10.0. The number of rotatable bonds is 3. The van der Waals surface area contributed by atoms with Crippen LogP contribution in [0.5, 0.6) is 0 Å². The number of fused-ring (bicyclic) bond motifs is 1. The number of nitrogens with one attached hydrogen (secondary N) is 1. The van der Waals surface area contributed by atoms with Crippen LogP contribution in [0.15, 0.2) is 48.5 Å². The van der Waals surface area contributed by atoms with Crippen molar-refractivity contribution in [1.82, 2.24) is 5.32 Å². The topological polar surface area (TPSA) is 38.0 Å². The van der Waals surface area contributed by atoms with Gasteiger partial charge in [0.25, 0.3) is 0 Å². The van der Waals surface area contributed by atoms with E-state index in [-0.39, 0.29) is 12.1 Å². The lowest BCUT2D eigenvalue weighted by molar-refractivity contribution is 0.446. The van der Waals surface area contributed by atoms with E-state index in [0.717, 1.165) is 11.4 Å². The second kappa shape index (κ2) is 5.57. The molecule has 3 atom stereocenters. The minimum Gasteiger partial charge on any atom is -0.324 e. The molecule has 0 saturated heterocycles. The molecule has 2 unspecified atom stereocenters. The molecule has 0 aromatic heterocycles. The minimum absolute atomic E-state index is 0.135. The summed E-state index contributed by atoms with van der Waals surface area (Å²) in [4.78, 5) is 0. The van der Waals surface area contributed by atoms with Crippen molar-refractivity contribution in [2.45, 2.75) is 31.5 Å². The zero-order valence-corrected chi connectivity index (χ0v) is 12.3. The van der Waals surface area contributed by atoms with Crippen molar-refractivity contribution in [2.75, 3.05) is 0 Å². The fourth-order valence-electron chi connectivity index (χ4n) is 3.01. The highest BCUT2D eigenvalue weighted by molar-refractivity contribution is 6.30. The molecule has 0 saturated carbocycles. The number of nitrogens with two attached hydrogens (primary N) is 1. The van der Waals surface area contributed by atoms with Crippen LogP contribution in [-0.4, -0.2) is 0 Å². The van der Waals surface area contributed by atoms with Crippen LogP contribution >= 0.6 is 11.6 Å². The number of hydrogen-bond acceptors (Lipinski definition) is 2. The van der Waals surface area contributed by atoms with E-state index in [4.69, 9.17) is 17.3 Å². The molecule has 0 aliphatic heterocycles. The van der Waals surface area contributed by atoms with Crippen molar-refractivity contribution in [1.29, 1.82) is 0 Å². The van der Waals surface area contributed by atoms with Crippen molar-refractivity contribution < 1.29 is 0 Å². The largest absolute Gasteiger partial charge is 0.324 e. The Morgan fingerprint density at radius 2 is 1.90 bits per heavy atom. The predicted octanol–water partition coefficient (Wildman–Crippen LogP) is 4.14. The van der Waals surface area contributed by atoms with Gasteiger partial charge < -0.3 is 11.1 Å². The zero-order chi connectivity index (χ0) is 14.1. The van der Waals surface area contributed by atoms with Gasteiger partial charge in [-0.25, -0.2) is 0 Å². The molecule has 104 valence electrons. The second-order valence-electron chi connectivity index (χ2n) is 5.47. The lowest BCUT2D eigenvalue weighted by Crippen LogP contribution is -2.23. The van der Waals surface area contributed by atoms with E-state index in [1.165, 1.54) is 16.7 Å². The van der Waals surface area contributed by atoms with E-state index in [9.17, 15) is 0 Å². The predicted molar refractivity (Wildman–Crippen MR) is 83.7 cm³/mol. The second-order valence-corrected chi connectivity index (χ2v) is 5.90. The summed E-state index contributed by atoms with van der Waals surface area (Å²) in [6.07, 6.45) is 0.949. The first-order valence-corrected chi connectivity index (χ1v) is 7.39. The average Bonchev–Trinajstić information content (AvgIpc) is 2.76. The first-order chi connectivity index (χ1) is 9.65. The molecule has 2 aromatic carbocycles. The molecule has 2 nitrogen and oxygen atoms in total. The molecule has 3 N–H and O–H groups in total. The summed E-state index contributed by atoms with van der Waals surface area (Å²) in [5.74, 6) is 0. The number of benzene rings is 2. The van der Waals surface area contributed by atoms with Gasteiger partial charge in [-0.2, -0.15) is 0 Å². The molecular formula is C17H19ClN2. The quantitative estimate of drug-likeness (QED) is 0.890. The Bertz CT molecular complexity index is 611. The Morgan fingerprint density at radius 1 is 1.15 bits per heavy atom. The fourth-order valence-corrected chi connectivity index (χ4v) is 3.20. The molecule has 0 spiro atoms. The molecule has 0 amide bonds. The van der Waals surface area contributed by atoms with Crippen LogP contribution in [0, 0.1) is 0 Å². The molecule has 1 aliphatic carbocycles. The van der Waals surface area contributed by atoms with E-state index >= 15 is 0 Å². The Hall–Kier alpha value is -1.35. The third-order valence-electron chi connectivity index (χ3n) is 4.06.